The Balaban J connectivity index is 0.806. The standard InChI is InChI=1S/C51H50Cl2F2N4O8/c52-41-24-56-25-42(53)40(41)23-44(36-15-16-43(66-50(54)55)45(22-36)64-30-31-9-10-31)65-49(61)38-26-59(27-38)48(60)35-13-11-32(12-14-35)29-63-39-8-4-7-37(21-39)47(34-5-2-1-3-6-34)57-51(62)67-46-28-58-19-17-33(46)18-20-58/h1-8,11-16,21-22,24-25,31,33,38,44,46-47,50H,9-10,17-20,23,26-30H2,(H,57,62)/t44-,46-,47-/m0/s1. The molecule has 4 saturated heterocycles. The molecule has 10 rings (SSSR count). The van der Waals surface area contributed by atoms with E-state index >= 15 is 0 Å². The lowest BCUT2D eigenvalue weighted by Crippen LogP contribution is -2.53. The number of halogens is 4. The number of aromatic nitrogens is 1. The van der Waals surface area contributed by atoms with Crippen LogP contribution in [0.3, 0.4) is 0 Å². The van der Waals surface area contributed by atoms with Crippen molar-refractivity contribution in [3.05, 3.63) is 153 Å². The molecule has 5 fully saturated rings. The third-order valence-electron chi connectivity index (χ3n) is 12.9. The summed E-state index contributed by atoms with van der Waals surface area (Å²) in [6, 6.07) is 28.4. The van der Waals surface area contributed by atoms with E-state index in [-0.39, 0.29) is 59.7 Å². The van der Waals surface area contributed by atoms with Crippen LogP contribution in [-0.2, 0) is 27.3 Å². The summed E-state index contributed by atoms with van der Waals surface area (Å²) in [5.74, 6) is -0.0965. The Kier molecular flexibility index (Phi) is 14.4. The summed E-state index contributed by atoms with van der Waals surface area (Å²) in [6.45, 7) is 0.658. The second-order valence-electron chi connectivity index (χ2n) is 17.6. The van der Waals surface area contributed by atoms with Crippen molar-refractivity contribution in [2.45, 2.75) is 63.6 Å². The number of alkyl halides is 2. The summed E-state index contributed by atoms with van der Waals surface area (Å²) in [5.41, 5.74) is 3.97. The number of hydrogen-bond acceptors (Lipinski definition) is 10. The molecule has 0 radical (unpaired) electrons. The van der Waals surface area contributed by atoms with Crippen LogP contribution in [0.2, 0.25) is 10.0 Å². The zero-order valence-electron chi connectivity index (χ0n) is 36.5. The highest BCUT2D eigenvalue weighted by Crippen LogP contribution is 2.39. The first-order valence-corrected chi connectivity index (χ1v) is 23.3. The van der Waals surface area contributed by atoms with E-state index in [1.165, 1.54) is 30.6 Å². The van der Waals surface area contributed by atoms with Gasteiger partial charge in [0.15, 0.2) is 11.5 Å². The van der Waals surface area contributed by atoms with Gasteiger partial charge in [-0.25, -0.2) is 4.79 Å². The lowest BCUT2D eigenvalue weighted by Gasteiger charge is -2.43. The van der Waals surface area contributed by atoms with Gasteiger partial charge in [0.2, 0.25) is 0 Å². The number of pyridine rings is 1. The van der Waals surface area contributed by atoms with Crippen LogP contribution in [0.15, 0.2) is 109 Å². The first-order valence-electron chi connectivity index (χ1n) is 22.6. The summed E-state index contributed by atoms with van der Waals surface area (Å²) in [6.07, 6.45) is 5.47. The molecule has 350 valence electrons. The van der Waals surface area contributed by atoms with E-state index in [9.17, 15) is 23.2 Å². The molecule has 5 aliphatic rings. The highest BCUT2D eigenvalue weighted by Gasteiger charge is 2.39. The molecule has 1 saturated carbocycles. The number of likely N-dealkylation sites (tertiary alicyclic amines) is 1. The molecule has 2 bridgehead atoms. The van der Waals surface area contributed by atoms with Crippen molar-refractivity contribution in [3.63, 3.8) is 0 Å². The van der Waals surface area contributed by atoms with Gasteiger partial charge in [-0.2, -0.15) is 8.78 Å². The van der Waals surface area contributed by atoms with Gasteiger partial charge in [-0.3, -0.25) is 19.5 Å². The molecule has 67 heavy (non-hydrogen) atoms. The Morgan fingerprint density at radius 2 is 1.51 bits per heavy atom. The van der Waals surface area contributed by atoms with E-state index in [1.807, 2.05) is 66.7 Å². The minimum absolute atomic E-state index is 0.0571. The lowest BCUT2D eigenvalue weighted by atomic mass is 9.86. The van der Waals surface area contributed by atoms with Gasteiger partial charge in [-0.05, 0) is 115 Å². The number of alkyl carbamates (subject to hydrolysis) is 1. The van der Waals surface area contributed by atoms with Gasteiger partial charge in [0, 0.05) is 44.0 Å². The number of nitrogens with zero attached hydrogens (tertiary/aromatic N) is 3. The fourth-order valence-corrected chi connectivity index (χ4v) is 9.33. The number of piperidine rings is 3. The highest BCUT2D eigenvalue weighted by atomic mass is 35.5. The molecular weight excluding hydrogens is 905 g/mol. The minimum atomic E-state index is -3.06. The van der Waals surface area contributed by atoms with Crippen molar-refractivity contribution in [2.75, 3.05) is 39.3 Å². The number of esters is 1. The molecule has 12 nitrogen and oxygen atoms in total. The topological polar surface area (TPSA) is 129 Å². The van der Waals surface area contributed by atoms with Gasteiger partial charge in [-0.15, -0.1) is 0 Å². The number of benzene rings is 4. The van der Waals surface area contributed by atoms with Crippen molar-refractivity contribution < 1.29 is 46.8 Å². The van der Waals surface area contributed by atoms with Crippen LogP contribution in [-0.4, -0.2) is 84.8 Å². The third-order valence-corrected chi connectivity index (χ3v) is 13.5. The Morgan fingerprint density at radius 1 is 0.776 bits per heavy atom. The van der Waals surface area contributed by atoms with Crippen LogP contribution in [0, 0.1) is 17.8 Å². The molecule has 1 aliphatic carbocycles. The largest absolute Gasteiger partial charge is 0.489 e. The molecular formula is C51H50Cl2F2N4O8. The first-order chi connectivity index (χ1) is 32.5. The number of ether oxygens (including phenoxy) is 5. The van der Waals surface area contributed by atoms with Gasteiger partial charge in [0.25, 0.3) is 5.91 Å². The molecule has 2 amide bonds. The van der Waals surface area contributed by atoms with Crippen molar-refractivity contribution in [2.24, 2.45) is 17.8 Å². The van der Waals surface area contributed by atoms with Crippen LogP contribution >= 0.6 is 23.2 Å². The molecule has 1 N–H and O–H groups in total. The molecule has 4 aromatic carbocycles. The van der Waals surface area contributed by atoms with Gasteiger partial charge in [-0.1, -0.05) is 83.9 Å². The number of nitrogens with one attached hydrogen (secondary N) is 1. The van der Waals surface area contributed by atoms with Gasteiger partial charge >= 0.3 is 18.7 Å². The van der Waals surface area contributed by atoms with Gasteiger partial charge < -0.3 is 33.9 Å². The van der Waals surface area contributed by atoms with Crippen molar-refractivity contribution >= 4 is 41.2 Å². The predicted molar refractivity (Wildman–Crippen MR) is 246 cm³/mol. The van der Waals surface area contributed by atoms with Crippen molar-refractivity contribution in [3.8, 4) is 17.2 Å². The number of carbonyl (C=O) groups is 3. The smallest absolute Gasteiger partial charge is 0.408 e. The minimum Gasteiger partial charge on any atom is -0.489 e. The predicted octanol–water partition coefficient (Wildman–Crippen LogP) is 9.87. The van der Waals surface area contributed by atoms with E-state index < -0.39 is 36.7 Å². The number of rotatable bonds is 18. The summed E-state index contributed by atoms with van der Waals surface area (Å²) >= 11 is 12.9. The maximum absolute atomic E-state index is 13.7. The van der Waals surface area contributed by atoms with Crippen LogP contribution in [0.25, 0.3) is 0 Å². The quantitative estimate of drug-likeness (QED) is 0.0848. The van der Waals surface area contributed by atoms with Crippen LogP contribution in [0.4, 0.5) is 13.6 Å². The lowest BCUT2D eigenvalue weighted by molar-refractivity contribution is -0.159. The number of amides is 2. The van der Waals surface area contributed by atoms with Crippen LogP contribution in [0.5, 0.6) is 17.2 Å². The van der Waals surface area contributed by atoms with E-state index in [1.54, 1.807) is 17.0 Å². The maximum Gasteiger partial charge on any atom is 0.408 e. The molecule has 3 atom stereocenters. The molecule has 1 aromatic heterocycles. The van der Waals surface area contributed by atoms with E-state index in [0.717, 1.165) is 62.0 Å². The number of carbonyl (C=O) groups excluding carboxylic acids is 3. The normalized spacial score (nSPS) is 19.8. The second-order valence-corrected chi connectivity index (χ2v) is 18.4. The summed E-state index contributed by atoms with van der Waals surface area (Å²) in [4.78, 5) is 48.4. The molecule has 5 aromatic rings. The second kappa shape index (κ2) is 20.9. The maximum atomic E-state index is 13.7. The summed E-state index contributed by atoms with van der Waals surface area (Å²) < 4.78 is 55.5. The third kappa shape index (κ3) is 11.6. The van der Waals surface area contributed by atoms with E-state index in [2.05, 4.69) is 15.2 Å². The molecule has 16 heteroatoms. The monoisotopic (exact) mass is 954 g/mol. The molecule has 5 heterocycles. The molecule has 0 unspecified atom stereocenters. The van der Waals surface area contributed by atoms with Crippen molar-refractivity contribution in [1.82, 2.24) is 20.1 Å². The fraction of sp³-hybridized carbons (Fsp3) is 0.373. The zero-order valence-corrected chi connectivity index (χ0v) is 38.1. The number of hydrogen-bond donors (Lipinski definition) is 1. The Hall–Kier alpha value is -5.96. The molecule has 4 aliphatic heterocycles. The average Bonchev–Trinajstić information content (AvgIpc) is 4.16. The molecule has 0 spiro atoms. The fourth-order valence-electron chi connectivity index (χ4n) is 8.81. The zero-order chi connectivity index (χ0) is 46.4. The summed E-state index contributed by atoms with van der Waals surface area (Å²) in [5, 5.41) is 3.64. The highest BCUT2D eigenvalue weighted by molar-refractivity contribution is 6.35. The SMILES string of the molecule is O=C(N[C@@H](c1ccccc1)c1cccc(OCc2ccc(C(=O)N3CC(C(=O)O[C@@H](Cc4c(Cl)cncc4Cl)c4ccc(OC(F)F)c(OCC5CC5)c4)C3)cc2)c1)O[C@H]1CN2CCC1CC2. The first kappa shape index (κ1) is 46.2. The average molecular weight is 956 g/mol. The number of fused-ring (bicyclic) bond motifs is 3. The Labute approximate surface area is 397 Å². The Morgan fingerprint density at radius 3 is 2.19 bits per heavy atom. The Bertz CT molecular complexity index is 2520. The van der Waals surface area contributed by atoms with Gasteiger partial charge in [0.1, 0.15) is 24.6 Å². The van der Waals surface area contributed by atoms with Crippen molar-refractivity contribution in [1.29, 1.82) is 0 Å². The van der Waals surface area contributed by atoms with Crippen LogP contribution < -0.4 is 19.5 Å². The van der Waals surface area contributed by atoms with E-state index in [0.29, 0.717) is 40.9 Å². The van der Waals surface area contributed by atoms with Gasteiger partial charge in [0.05, 0.1) is 28.6 Å². The van der Waals surface area contributed by atoms with E-state index in [4.69, 9.17) is 46.9 Å². The summed E-state index contributed by atoms with van der Waals surface area (Å²) in [7, 11) is 0. The van der Waals surface area contributed by atoms with Crippen LogP contribution in [0.1, 0.15) is 76.0 Å².